The van der Waals surface area contributed by atoms with E-state index in [-0.39, 0.29) is 42.5 Å². The zero-order valence-corrected chi connectivity index (χ0v) is 19.3. The van der Waals surface area contributed by atoms with Crippen LogP contribution in [0.1, 0.15) is 18.4 Å². The van der Waals surface area contributed by atoms with Crippen molar-refractivity contribution in [3.8, 4) is 0 Å². The summed E-state index contributed by atoms with van der Waals surface area (Å²) in [6.07, 6.45) is 3.51. The number of rotatable bonds is 7. The third-order valence-corrected chi connectivity index (χ3v) is 4.60. The molecule has 1 fully saturated rings. The number of likely N-dealkylation sites (tertiary alicyclic amines) is 1. The van der Waals surface area contributed by atoms with Crippen LogP contribution in [0.2, 0.25) is 0 Å². The minimum atomic E-state index is -0.821. The molecule has 9 heteroatoms. The molecule has 1 amide bonds. The van der Waals surface area contributed by atoms with Gasteiger partial charge in [-0.05, 0) is 30.5 Å². The summed E-state index contributed by atoms with van der Waals surface area (Å²) in [5.74, 6) is -1.11. The SMILES string of the molecule is C=CCNC(=NCC(=O)N(C)C)NC1CCN(Cc2ccc(F)c(F)c2)CC1.I. The van der Waals surface area contributed by atoms with Crippen molar-refractivity contribution in [1.29, 1.82) is 0 Å². The number of hydrogen-bond donors (Lipinski definition) is 2. The number of carbonyl (C=O) groups is 1. The lowest BCUT2D eigenvalue weighted by molar-refractivity contribution is -0.127. The first-order chi connectivity index (χ1) is 13.4. The van der Waals surface area contributed by atoms with Gasteiger partial charge in [-0.3, -0.25) is 9.69 Å². The maximum Gasteiger partial charge on any atom is 0.243 e. The summed E-state index contributed by atoms with van der Waals surface area (Å²) in [5.41, 5.74) is 0.766. The summed E-state index contributed by atoms with van der Waals surface area (Å²) in [7, 11) is 3.40. The lowest BCUT2D eigenvalue weighted by atomic mass is 10.0. The van der Waals surface area contributed by atoms with Gasteiger partial charge >= 0.3 is 0 Å². The van der Waals surface area contributed by atoms with Crippen molar-refractivity contribution in [2.45, 2.75) is 25.4 Å². The van der Waals surface area contributed by atoms with Gasteiger partial charge in [0, 0.05) is 46.3 Å². The monoisotopic (exact) mass is 521 g/mol. The smallest absolute Gasteiger partial charge is 0.243 e. The summed E-state index contributed by atoms with van der Waals surface area (Å²) in [6, 6.07) is 4.27. The largest absolute Gasteiger partial charge is 0.354 e. The maximum atomic E-state index is 13.4. The molecule has 1 aromatic rings. The molecule has 1 heterocycles. The highest BCUT2D eigenvalue weighted by atomic mass is 127. The standard InChI is InChI=1S/C20H29F2N5O.HI/c1-4-9-23-20(24-13-19(28)26(2)3)25-16-7-10-27(11-8-16)14-15-5-6-17(21)18(22)12-15;/h4-6,12,16H,1,7-11,13-14H2,2-3H3,(H2,23,24,25);1H. The van der Waals surface area contributed by atoms with Gasteiger partial charge < -0.3 is 15.5 Å². The average Bonchev–Trinajstić information content (AvgIpc) is 2.68. The van der Waals surface area contributed by atoms with Crippen LogP contribution in [0.3, 0.4) is 0 Å². The Morgan fingerprint density at radius 2 is 2.00 bits per heavy atom. The molecule has 0 atom stereocenters. The van der Waals surface area contributed by atoms with E-state index in [4.69, 9.17) is 0 Å². The van der Waals surface area contributed by atoms with Gasteiger partial charge in [-0.15, -0.1) is 30.6 Å². The Bertz CT molecular complexity index is 706. The highest BCUT2D eigenvalue weighted by Crippen LogP contribution is 2.15. The number of nitrogens with one attached hydrogen (secondary N) is 2. The van der Waals surface area contributed by atoms with Crippen molar-refractivity contribution < 1.29 is 13.6 Å². The summed E-state index contributed by atoms with van der Waals surface area (Å²) < 4.78 is 26.4. The predicted octanol–water partition coefficient (Wildman–Crippen LogP) is 2.36. The quantitative estimate of drug-likeness (QED) is 0.251. The zero-order chi connectivity index (χ0) is 20.5. The molecule has 0 unspecified atom stereocenters. The first kappa shape index (κ1) is 25.3. The van der Waals surface area contributed by atoms with Crippen LogP contribution in [0, 0.1) is 11.6 Å². The van der Waals surface area contributed by atoms with Gasteiger partial charge in [0.25, 0.3) is 0 Å². The van der Waals surface area contributed by atoms with Crippen LogP contribution in [-0.4, -0.2) is 68.0 Å². The topological polar surface area (TPSA) is 60.0 Å². The van der Waals surface area contributed by atoms with E-state index in [1.807, 2.05) is 0 Å². The van der Waals surface area contributed by atoms with E-state index in [1.165, 1.54) is 17.0 Å². The Balaban J connectivity index is 0.00000420. The molecule has 1 aliphatic rings. The van der Waals surface area contributed by atoms with Crippen LogP contribution in [0.4, 0.5) is 8.78 Å². The predicted molar refractivity (Wildman–Crippen MR) is 122 cm³/mol. The molecule has 1 saturated heterocycles. The average molecular weight is 521 g/mol. The molecular formula is C20H30F2IN5O. The van der Waals surface area contributed by atoms with Gasteiger partial charge in [0.05, 0.1) is 0 Å². The molecule has 6 nitrogen and oxygen atoms in total. The van der Waals surface area contributed by atoms with Crippen LogP contribution in [0.25, 0.3) is 0 Å². The second kappa shape index (κ2) is 12.7. The highest BCUT2D eigenvalue weighted by Gasteiger charge is 2.20. The van der Waals surface area contributed by atoms with Crippen LogP contribution in [0.5, 0.6) is 0 Å². The number of aliphatic imine (C=N–C) groups is 1. The number of piperidine rings is 1. The van der Waals surface area contributed by atoms with Gasteiger partial charge in [-0.2, -0.15) is 0 Å². The van der Waals surface area contributed by atoms with E-state index in [9.17, 15) is 13.6 Å². The van der Waals surface area contributed by atoms with Crippen LogP contribution in [0.15, 0.2) is 35.8 Å². The Hall–Kier alpha value is -1.75. The number of guanidine groups is 1. The van der Waals surface area contributed by atoms with Crippen molar-refractivity contribution in [3.05, 3.63) is 48.1 Å². The lowest BCUT2D eigenvalue weighted by Gasteiger charge is -2.33. The number of hydrogen-bond acceptors (Lipinski definition) is 3. The van der Waals surface area contributed by atoms with Crippen LogP contribution in [-0.2, 0) is 11.3 Å². The third kappa shape index (κ3) is 8.65. The lowest BCUT2D eigenvalue weighted by Crippen LogP contribution is -2.48. The molecule has 0 aromatic heterocycles. The fourth-order valence-electron chi connectivity index (χ4n) is 2.93. The number of benzene rings is 1. The number of amides is 1. The van der Waals surface area contributed by atoms with E-state index in [1.54, 1.807) is 26.2 Å². The zero-order valence-electron chi connectivity index (χ0n) is 17.0. The number of likely N-dealkylation sites (N-methyl/N-ethyl adjacent to an activating group) is 1. The van der Waals surface area contributed by atoms with E-state index >= 15 is 0 Å². The van der Waals surface area contributed by atoms with E-state index in [0.717, 1.165) is 31.5 Å². The van der Waals surface area contributed by atoms with E-state index in [2.05, 4.69) is 27.1 Å². The number of carbonyl (C=O) groups excluding carboxylic acids is 1. The second-order valence-electron chi connectivity index (χ2n) is 7.07. The molecule has 0 spiro atoms. The molecule has 1 aliphatic heterocycles. The molecule has 0 saturated carbocycles. The fourth-order valence-corrected chi connectivity index (χ4v) is 2.93. The van der Waals surface area contributed by atoms with Gasteiger partial charge in [-0.1, -0.05) is 12.1 Å². The summed E-state index contributed by atoms with van der Waals surface area (Å²) in [4.78, 5) is 19.8. The molecular weight excluding hydrogens is 491 g/mol. The van der Waals surface area contributed by atoms with Crippen molar-refractivity contribution in [1.82, 2.24) is 20.4 Å². The van der Waals surface area contributed by atoms with Crippen molar-refractivity contribution in [2.24, 2.45) is 4.99 Å². The number of halogens is 3. The fraction of sp³-hybridized carbons (Fsp3) is 0.500. The Morgan fingerprint density at radius 1 is 1.31 bits per heavy atom. The molecule has 0 bridgehead atoms. The summed E-state index contributed by atoms with van der Waals surface area (Å²) in [6.45, 7) is 6.58. The molecule has 2 N–H and O–H groups in total. The van der Waals surface area contributed by atoms with Gasteiger partial charge in [0.15, 0.2) is 17.6 Å². The van der Waals surface area contributed by atoms with Gasteiger partial charge in [0.1, 0.15) is 6.54 Å². The van der Waals surface area contributed by atoms with E-state index < -0.39 is 11.6 Å². The van der Waals surface area contributed by atoms with Crippen LogP contribution < -0.4 is 10.6 Å². The Kier molecular flexibility index (Phi) is 11.1. The molecule has 0 radical (unpaired) electrons. The minimum Gasteiger partial charge on any atom is -0.354 e. The van der Waals surface area contributed by atoms with Crippen molar-refractivity contribution in [2.75, 3.05) is 40.3 Å². The summed E-state index contributed by atoms with van der Waals surface area (Å²) >= 11 is 0. The van der Waals surface area contributed by atoms with Crippen LogP contribution >= 0.6 is 24.0 Å². The van der Waals surface area contributed by atoms with Gasteiger partial charge in [-0.25, -0.2) is 13.8 Å². The van der Waals surface area contributed by atoms with Crippen molar-refractivity contribution in [3.63, 3.8) is 0 Å². The third-order valence-electron chi connectivity index (χ3n) is 4.60. The first-order valence-corrected chi connectivity index (χ1v) is 9.41. The second-order valence-corrected chi connectivity index (χ2v) is 7.07. The maximum absolute atomic E-state index is 13.4. The van der Waals surface area contributed by atoms with Gasteiger partial charge in [0.2, 0.25) is 5.91 Å². The first-order valence-electron chi connectivity index (χ1n) is 9.41. The minimum absolute atomic E-state index is 0. The number of nitrogens with zero attached hydrogens (tertiary/aromatic N) is 3. The molecule has 29 heavy (non-hydrogen) atoms. The molecule has 162 valence electrons. The Labute approximate surface area is 188 Å². The molecule has 2 rings (SSSR count). The Morgan fingerprint density at radius 3 is 2.59 bits per heavy atom. The molecule has 0 aliphatic carbocycles. The summed E-state index contributed by atoms with van der Waals surface area (Å²) in [5, 5.41) is 6.50. The van der Waals surface area contributed by atoms with E-state index in [0.29, 0.717) is 19.0 Å². The normalized spacial score (nSPS) is 15.4. The molecule has 1 aromatic carbocycles. The highest BCUT2D eigenvalue weighted by molar-refractivity contribution is 14.0. The van der Waals surface area contributed by atoms with Crippen molar-refractivity contribution >= 4 is 35.8 Å².